The number of benzene rings is 2. The molecule has 0 spiro atoms. The predicted molar refractivity (Wildman–Crippen MR) is 141 cm³/mol. The Labute approximate surface area is 215 Å². The van der Waals surface area contributed by atoms with E-state index in [0.29, 0.717) is 42.0 Å². The molecule has 0 saturated carbocycles. The van der Waals surface area contributed by atoms with Gasteiger partial charge in [-0.05, 0) is 56.2 Å². The third-order valence-corrected chi connectivity index (χ3v) is 6.17. The zero-order chi connectivity index (χ0) is 26.1. The Balaban J connectivity index is 1.66. The number of aromatic nitrogens is 2. The maximum atomic E-state index is 12.6. The van der Waals surface area contributed by atoms with Gasteiger partial charge in [-0.1, -0.05) is 48.9 Å². The second-order valence-corrected chi connectivity index (χ2v) is 9.34. The number of nitrogens with zero attached hydrogens (tertiary/aromatic N) is 3. The first-order valence-corrected chi connectivity index (χ1v) is 12.5. The molecule has 3 aromatic rings. The lowest BCUT2D eigenvalue weighted by Crippen LogP contribution is -2.13. The van der Waals surface area contributed by atoms with Gasteiger partial charge in [0, 0.05) is 5.92 Å². The van der Waals surface area contributed by atoms with E-state index in [2.05, 4.69) is 21.6 Å². The number of ether oxygens (including phenoxy) is 3. The third kappa shape index (κ3) is 7.30. The van der Waals surface area contributed by atoms with Crippen LogP contribution in [0.3, 0.4) is 0 Å². The van der Waals surface area contributed by atoms with Gasteiger partial charge >= 0.3 is 0 Å². The number of hydrogen-bond acceptors (Lipinski definition) is 8. The topological polar surface area (TPSA) is 106 Å². The summed E-state index contributed by atoms with van der Waals surface area (Å²) in [5, 5.41) is 21.4. The summed E-state index contributed by atoms with van der Waals surface area (Å²) in [7, 11) is 0. The molecule has 0 radical (unpaired) electrons. The number of carbonyl (C=O) groups is 1. The monoisotopic (exact) mass is 506 g/mol. The summed E-state index contributed by atoms with van der Waals surface area (Å²) in [6.45, 7) is 11.0. The Morgan fingerprint density at radius 1 is 1.06 bits per heavy atom. The summed E-state index contributed by atoms with van der Waals surface area (Å²) in [5.74, 6) is 1.55. The van der Waals surface area contributed by atoms with Gasteiger partial charge in [0.2, 0.25) is 5.13 Å². The highest BCUT2D eigenvalue weighted by molar-refractivity contribution is 7.15. The van der Waals surface area contributed by atoms with Crippen LogP contribution in [0.15, 0.2) is 42.0 Å². The lowest BCUT2D eigenvalue weighted by molar-refractivity contribution is -0.112. The largest absolute Gasteiger partial charge is 0.490 e. The highest BCUT2D eigenvalue weighted by Crippen LogP contribution is 2.30. The van der Waals surface area contributed by atoms with Crippen LogP contribution in [0.5, 0.6) is 17.2 Å². The van der Waals surface area contributed by atoms with Crippen molar-refractivity contribution in [2.45, 2.75) is 40.5 Å². The van der Waals surface area contributed by atoms with E-state index in [0.717, 1.165) is 16.3 Å². The van der Waals surface area contributed by atoms with Gasteiger partial charge in [-0.2, -0.15) is 5.26 Å². The standard InChI is InChI=1S/C27H30N4O4S/c1-6-33-24-15-20(14-21(16-28)25(32)29-27-31-30-26(36-27)17(2)3)8-10-23(24)35-12-11-34-22-9-7-18(4)13-19(22)5/h7-10,13-15,17H,6,11-12H2,1-5H3,(H,29,31,32). The summed E-state index contributed by atoms with van der Waals surface area (Å²) >= 11 is 1.29. The van der Waals surface area contributed by atoms with E-state index >= 15 is 0 Å². The highest BCUT2D eigenvalue weighted by Gasteiger charge is 2.15. The first kappa shape index (κ1) is 26.7. The van der Waals surface area contributed by atoms with Gasteiger partial charge in [0.1, 0.15) is 35.6 Å². The van der Waals surface area contributed by atoms with Crippen LogP contribution >= 0.6 is 11.3 Å². The summed E-state index contributed by atoms with van der Waals surface area (Å²) in [4.78, 5) is 12.6. The van der Waals surface area contributed by atoms with Gasteiger partial charge in [0.05, 0.1) is 6.61 Å². The van der Waals surface area contributed by atoms with Crippen LogP contribution in [0.25, 0.3) is 6.08 Å². The van der Waals surface area contributed by atoms with E-state index < -0.39 is 5.91 Å². The SMILES string of the molecule is CCOc1cc(C=C(C#N)C(=O)Nc2nnc(C(C)C)s2)ccc1OCCOc1ccc(C)cc1C. The first-order valence-electron chi connectivity index (χ1n) is 11.7. The van der Waals surface area contributed by atoms with Crippen molar-refractivity contribution in [3.8, 4) is 23.3 Å². The van der Waals surface area contributed by atoms with E-state index in [1.807, 2.05) is 52.8 Å². The van der Waals surface area contributed by atoms with Crippen LogP contribution in [-0.4, -0.2) is 35.9 Å². The minimum Gasteiger partial charge on any atom is -0.490 e. The van der Waals surface area contributed by atoms with E-state index in [4.69, 9.17) is 14.2 Å². The number of carbonyl (C=O) groups excluding carboxylic acids is 1. The molecule has 1 aromatic heterocycles. The van der Waals surface area contributed by atoms with E-state index in [1.165, 1.54) is 23.0 Å². The summed E-state index contributed by atoms with van der Waals surface area (Å²) in [5.41, 5.74) is 2.83. The molecule has 8 nitrogen and oxygen atoms in total. The molecule has 0 fully saturated rings. The van der Waals surface area contributed by atoms with Gasteiger partial charge in [0.25, 0.3) is 5.91 Å². The molecule has 1 N–H and O–H groups in total. The Bertz CT molecular complexity index is 1280. The molecule has 1 amide bonds. The zero-order valence-corrected chi connectivity index (χ0v) is 21.9. The van der Waals surface area contributed by atoms with Gasteiger partial charge in [0.15, 0.2) is 11.5 Å². The molecule has 2 aromatic carbocycles. The van der Waals surface area contributed by atoms with E-state index in [1.54, 1.807) is 18.2 Å². The number of nitriles is 1. The van der Waals surface area contributed by atoms with Crippen molar-refractivity contribution in [3.05, 3.63) is 63.7 Å². The zero-order valence-electron chi connectivity index (χ0n) is 21.1. The van der Waals surface area contributed by atoms with Gasteiger partial charge in [-0.3, -0.25) is 10.1 Å². The van der Waals surface area contributed by atoms with Crippen LogP contribution in [0.1, 0.15) is 48.4 Å². The Morgan fingerprint density at radius 2 is 1.78 bits per heavy atom. The Kier molecular flexibility index (Phi) is 9.42. The fraction of sp³-hybridized carbons (Fsp3) is 0.333. The molecule has 0 atom stereocenters. The van der Waals surface area contributed by atoms with Crippen LogP contribution in [0.4, 0.5) is 5.13 Å². The maximum Gasteiger partial charge on any atom is 0.268 e. The molecule has 0 aliphatic heterocycles. The highest BCUT2D eigenvalue weighted by atomic mass is 32.1. The summed E-state index contributed by atoms with van der Waals surface area (Å²) < 4.78 is 17.4. The van der Waals surface area contributed by atoms with Crippen molar-refractivity contribution in [1.29, 1.82) is 5.26 Å². The second-order valence-electron chi connectivity index (χ2n) is 8.33. The fourth-order valence-electron chi connectivity index (χ4n) is 3.26. The molecule has 36 heavy (non-hydrogen) atoms. The van der Waals surface area contributed by atoms with Crippen molar-refractivity contribution in [3.63, 3.8) is 0 Å². The normalized spacial score (nSPS) is 11.2. The molecule has 0 aliphatic rings. The van der Waals surface area contributed by atoms with Gasteiger partial charge in [-0.15, -0.1) is 10.2 Å². The molecule has 3 rings (SSSR count). The summed E-state index contributed by atoms with van der Waals surface area (Å²) in [6, 6.07) is 13.2. The van der Waals surface area contributed by atoms with E-state index in [9.17, 15) is 10.1 Å². The van der Waals surface area contributed by atoms with E-state index in [-0.39, 0.29) is 11.5 Å². The number of aryl methyl sites for hydroxylation is 2. The number of rotatable bonds is 11. The minimum atomic E-state index is -0.550. The maximum absolute atomic E-state index is 12.6. The second kappa shape index (κ2) is 12.7. The van der Waals surface area contributed by atoms with Gasteiger partial charge in [-0.25, -0.2) is 0 Å². The summed E-state index contributed by atoms with van der Waals surface area (Å²) in [6.07, 6.45) is 1.50. The smallest absolute Gasteiger partial charge is 0.268 e. The van der Waals surface area contributed by atoms with Gasteiger partial charge < -0.3 is 14.2 Å². The molecule has 0 unspecified atom stereocenters. The first-order chi connectivity index (χ1) is 17.3. The average molecular weight is 507 g/mol. The van der Waals surface area contributed by atoms with Crippen molar-refractivity contribution >= 4 is 28.5 Å². The molecule has 9 heteroatoms. The third-order valence-electron chi connectivity index (χ3n) is 5.03. The fourth-order valence-corrected chi connectivity index (χ4v) is 4.01. The number of amides is 1. The molecule has 1 heterocycles. The van der Waals surface area contributed by atoms with Crippen molar-refractivity contribution in [2.75, 3.05) is 25.1 Å². The minimum absolute atomic E-state index is 0.0609. The average Bonchev–Trinajstić information content (AvgIpc) is 3.31. The van der Waals surface area contributed by atoms with Crippen molar-refractivity contribution in [2.24, 2.45) is 0 Å². The molecule has 0 bridgehead atoms. The van der Waals surface area contributed by atoms with Crippen LogP contribution in [-0.2, 0) is 4.79 Å². The Morgan fingerprint density at radius 3 is 2.42 bits per heavy atom. The van der Waals surface area contributed by atoms with Crippen LogP contribution in [0, 0.1) is 25.2 Å². The predicted octanol–water partition coefficient (Wildman–Crippen LogP) is 5.68. The quantitative estimate of drug-likeness (QED) is 0.203. The number of nitrogens with one attached hydrogen (secondary N) is 1. The number of anilines is 1. The van der Waals surface area contributed by atoms with Crippen LogP contribution in [0.2, 0.25) is 0 Å². The molecule has 188 valence electrons. The lowest BCUT2D eigenvalue weighted by Gasteiger charge is -2.14. The van der Waals surface area contributed by atoms with Crippen molar-refractivity contribution < 1.29 is 19.0 Å². The van der Waals surface area contributed by atoms with Crippen molar-refractivity contribution in [1.82, 2.24) is 10.2 Å². The molecule has 0 saturated heterocycles. The molecular formula is C27H30N4O4S. The molecule has 0 aliphatic carbocycles. The molecular weight excluding hydrogens is 476 g/mol. The lowest BCUT2D eigenvalue weighted by atomic mass is 10.1. The number of hydrogen-bond donors (Lipinski definition) is 1. The Hall–Kier alpha value is -3.90. The van der Waals surface area contributed by atoms with Crippen LogP contribution < -0.4 is 19.5 Å².